The summed E-state index contributed by atoms with van der Waals surface area (Å²) >= 11 is 0. The van der Waals surface area contributed by atoms with Crippen LogP contribution in [0.4, 0.5) is 5.69 Å². The van der Waals surface area contributed by atoms with Crippen molar-refractivity contribution in [3.8, 4) is 0 Å². The summed E-state index contributed by atoms with van der Waals surface area (Å²) in [5, 5.41) is 6.08. The molecule has 102 valence electrons. The van der Waals surface area contributed by atoms with Gasteiger partial charge in [0.15, 0.2) is 0 Å². The molecule has 0 bridgehead atoms. The number of carbonyl (C=O) groups excluding carboxylic acids is 2. The molecule has 19 heavy (non-hydrogen) atoms. The maximum absolute atomic E-state index is 11.4. The van der Waals surface area contributed by atoms with Crippen LogP contribution in [0.1, 0.15) is 36.2 Å². The highest BCUT2D eigenvalue weighted by Gasteiger charge is 2.22. The third-order valence-electron chi connectivity index (χ3n) is 2.86. The topological polar surface area (TPSA) is 97.1 Å². The van der Waals surface area contributed by atoms with Gasteiger partial charge in [-0.05, 0) is 31.4 Å². The zero-order chi connectivity index (χ0) is 13.7. The molecule has 1 saturated carbocycles. The molecule has 2 rings (SSSR count). The summed E-state index contributed by atoms with van der Waals surface area (Å²) in [6, 6.07) is 3.78. The molecule has 6 nitrogen and oxygen atoms in total. The average Bonchev–Trinajstić information content (AvgIpc) is 3.19. The summed E-state index contributed by atoms with van der Waals surface area (Å²) in [5.74, 6) is -0.440. The third kappa shape index (κ3) is 4.57. The average molecular weight is 262 g/mol. The molecule has 2 amide bonds. The predicted molar refractivity (Wildman–Crippen MR) is 71.6 cm³/mol. The summed E-state index contributed by atoms with van der Waals surface area (Å²) in [7, 11) is 0. The van der Waals surface area contributed by atoms with Gasteiger partial charge in [0.1, 0.15) is 5.69 Å². The number of primary amides is 1. The fraction of sp³-hybridized carbons (Fsp3) is 0.462. The van der Waals surface area contributed by atoms with Gasteiger partial charge in [0.25, 0.3) is 5.91 Å². The van der Waals surface area contributed by atoms with Crippen LogP contribution in [0.25, 0.3) is 0 Å². The van der Waals surface area contributed by atoms with E-state index in [-0.39, 0.29) is 11.6 Å². The lowest BCUT2D eigenvalue weighted by Crippen LogP contribution is -2.25. The lowest BCUT2D eigenvalue weighted by Gasteiger charge is -2.07. The molecule has 6 heteroatoms. The van der Waals surface area contributed by atoms with Crippen molar-refractivity contribution in [2.45, 2.75) is 31.7 Å². The van der Waals surface area contributed by atoms with Crippen molar-refractivity contribution in [3.05, 3.63) is 24.0 Å². The van der Waals surface area contributed by atoms with Crippen LogP contribution in [-0.2, 0) is 4.79 Å². The van der Waals surface area contributed by atoms with E-state index < -0.39 is 5.91 Å². The lowest BCUT2D eigenvalue weighted by atomic mass is 10.2. The second kappa shape index (κ2) is 6.17. The largest absolute Gasteiger partial charge is 0.385 e. The maximum Gasteiger partial charge on any atom is 0.267 e. The monoisotopic (exact) mass is 262 g/mol. The summed E-state index contributed by atoms with van der Waals surface area (Å²) in [6.45, 7) is 0.667. The number of hydrogen-bond acceptors (Lipinski definition) is 4. The van der Waals surface area contributed by atoms with Gasteiger partial charge in [0.05, 0.1) is 0 Å². The standard InChI is InChI=1S/C13H18N4O2/c14-13(19)11-8-10(5-7-16-11)15-6-1-2-12(18)17-9-3-4-9/h5,7-9H,1-4,6H2,(H2,14,19)(H,15,16)(H,17,18). The van der Waals surface area contributed by atoms with Gasteiger partial charge < -0.3 is 16.4 Å². The Hall–Kier alpha value is -2.11. The Labute approximate surface area is 111 Å². The summed E-state index contributed by atoms with van der Waals surface area (Å²) in [5.41, 5.74) is 6.16. The first-order chi connectivity index (χ1) is 9.15. The molecule has 1 heterocycles. The summed E-state index contributed by atoms with van der Waals surface area (Å²) in [4.78, 5) is 26.3. The molecule has 1 aliphatic rings. The zero-order valence-corrected chi connectivity index (χ0v) is 10.7. The minimum Gasteiger partial charge on any atom is -0.385 e. The van der Waals surface area contributed by atoms with Crippen molar-refractivity contribution < 1.29 is 9.59 Å². The molecule has 0 aliphatic heterocycles. The summed E-state index contributed by atoms with van der Waals surface area (Å²) < 4.78 is 0. The van der Waals surface area contributed by atoms with Gasteiger partial charge in [-0.25, -0.2) is 0 Å². The van der Waals surface area contributed by atoms with Crippen LogP contribution in [0.15, 0.2) is 18.3 Å². The van der Waals surface area contributed by atoms with Crippen molar-refractivity contribution in [1.82, 2.24) is 10.3 Å². The minimum absolute atomic E-state index is 0.108. The van der Waals surface area contributed by atoms with E-state index in [0.29, 0.717) is 19.0 Å². The number of nitrogens with zero attached hydrogens (tertiary/aromatic N) is 1. The first-order valence-electron chi connectivity index (χ1n) is 6.44. The van der Waals surface area contributed by atoms with Crippen LogP contribution in [-0.4, -0.2) is 29.4 Å². The molecule has 1 aromatic rings. The fourth-order valence-electron chi connectivity index (χ4n) is 1.68. The van der Waals surface area contributed by atoms with Crippen LogP contribution in [0, 0.1) is 0 Å². The van der Waals surface area contributed by atoms with E-state index in [2.05, 4.69) is 15.6 Å². The third-order valence-corrected chi connectivity index (χ3v) is 2.86. The van der Waals surface area contributed by atoms with Crippen molar-refractivity contribution in [3.63, 3.8) is 0 Å². The maximum atomic E-state index is 11.4. The number of amides is 2. The number of rotatable bonds is 7. The number of anilines is 1. The minimum atomic E-state index is -0.549. The van der Waals surface area contributed by atoms with Crippen molar-refractivity contribution >= 4 is 17.5 Å². The second-order valence-electron chi connectivity index (χ2n) is 4.67. The Balaban J connectivity index is 1.68. The van der Waals surface area contributed by atoms with E-state index in [0.717, 1.165) is 24.9 Å². The highest BCUT2D eigenvalue weighted by molar-refractivity contribution is 5.91. The molecule has 0 aromatic carbocycles. The number of nitrogens with one attached hydrogen (secondary N) is 2. The number of hydrogen-bond donors (Lipinski definition) is 3. The Morgan fingerprint density at radius 3 is 2.89 bits per heavy atom. The quantitative estimate of drug-likeness (QED) is 0.628. The molecule has 1 aromatic heterocycles. The van der Waals surface area contributed by atoms with Crippen LogP contribution >= 0.6 is 0 Å². The molecule has 0 spiro atoms. The second-order valence-corrected chi connectivity index (χ2v) is 4.67. The van der Waals surface area contributed by atoms with E-state index in [4.69, 9.17) is 5.73 Å². The van der Waals surface area contributed by atoms with Crippen molar-refractivity contribution in [1.29, 1.82) is 0 Å². The molecule has 0 saturated heterocycles. The van der Waals surface area contributed by atoms with E-state index in [1.807, 2.05) is 0 Å². The van der Waals surface area contributed by atoms with E-state index in [9.17, 15) is 9.59 Å². The SMILES string of the molecule is NC(=O)c1cc(NCCCC(=O)NC2CC2)ccn1. The number of carbonyl (C=O) groups is 2. The van der Waals surface area contributed by atoms with Crippen molar-refractivity contribution in [2.75, 3.05) is 11.9 Å². The first kappa shape index (κ1) is 13.3. The molecule has 0 radical (unpaired) electrons. The lowest BCUT2D eigenvalue weighted by molar-refractivity contribution is -0.121. The predicted octanol–water partition coefficient (Wildman–Crippen LogP) is 0.651. The first-order valence-corrected chi connectivity index (χ1v) is 6.44. The molecular formula is C13H18N4O2. The fourth-order valence-corrected chi connectivity index (χ4v) is 1.68. The highest BCUT2D eigenvalue weighted by atomic mass is 16.2. The van der Waals surface area contributed by atoms with Gasteiger partial charge in [0, 0.05) is 30.9 Å². The highest BCUT2D eigenvalue weighted by Crippen LogP contribution is 2.18. The van der Waals surface area contributed by atoms with Gasteiger partial charge in [-0.2, -0.15) is 0 Å². The normalized spacial score (nSPS) is 13.9. The Morgan fingerprint density at radius 1 is 1.42 bits per heavy atom. The van der Waals surface area contributed by atoms with Gasteiger partial charge in [-0.3, -0.25) is 14.6 Å². The molecule has 4 N–H and O–H groups in total. The molecule has 0 atom stereocenters. The smallest absolute Gasteiger partial charge is 0.267 e. The number of nitrogens with two attached hydrogens (primary N) is 1. The molecule has 0 unspecified atom stereocenters. The van der Waals surface area contributed by atoms with Gasteiger partial charge >= 0.3 is 0 Å². The van der Waals surface area contributed by atoms with Gasteiger partial charge in [-0.15, -0.1) is 0 Å². The molecule has 1 aliphatic carbocycles. The van der Waals surface area contributed by atoms with Crippen molar-refractivity contribution in [2.24, 2.45) is 5.73 Å². The van der Waals surface area contributed by atoms with Gasteiger partial charge in [0.2, 0.25) is 5.91 Å². The Kier molecular flexibility index (Phi) is 4.33. The van der Waals surface area contributed by atoms with Crippen LogP contribution in [0.5, 0.6) is 0 Å². The van der Waals surface area contributed by atoms with E-state index >= 15 is 0 Å². The Morgan fingerprint density at radius 2 is 2.21 bits per heavy atom. The van der Waals surface area contributed by atoms with Crippen LogP contribution in [0.3, 0.4) is 0 Å². The van der Waals surface area contributed by atoms with Crippen LogP contribution < -0.4 is 16.4 Å². The summed E-state index contributed by atoms with van der Waals surface area (Å²) in [6.07, 6.45) is 5.00. The zero-order valence-electron chi connectivity index (χ0n) is 10.7. The van der Waals surface area contributed by atoms with Gasteiger partial charge in [-0.1, -0.05) is 0 Å². The van der Waals surface area contributed by atoms with E-state index in [1.54, 1.807) is 12.1 Å². The number of aromatic nitrogens is 1. The molecular weight excluding hydrogens is 244 g/mol. The number of pyridine rings is 1. The van der Waals surface area contributed by atoms with Crippen LogP contribution in [0.2, 0.25) is 0 Å². The molecule has 1 fully saturated rings. The Bertz CT molecular complexity index is 471. The van der Waals surface area contributed by atoms with E-state index in [1.165, 1.54) is 6.20 Å².